The number of phenolic OH excluding ortho intramolecular Hbond substituents is 1. The molecule has 0 spiro atoms. The molecule has 5 heteroatoms. The van der Waals surface area contributed by atoms with E-state index in [-0.39, 0.29) is 17.7 Å². The van der Waals surface area contributed by atoms with Crippen LogP contribution in [0.5, 0.6) is 11.5 Å². The van der Waals surface area contributed by atoms with Gasteiger partial charge in [0.05, 0.1) is 7.11 Å². The van der Waals surface area contributed by atoms with E-state index in [9.17, 15) is 9.90 Å². The molecule has 5 nitrogen and oxygen atoms in total. The zero-order valence-corrected chi connectivity index (χ0v) is 19.6. The van der Waals surface area contributed by atoms with E-state index in [4.69, 9.17) is 4.74 Å². The molecule has 0 saturated carbocycles. The van der Waals surface area contributed by atoms with Crippen molar-refractivity contribution in [3.05, 3.63) is 89.0 Å². The number of carbonyl (C=O) groups is 1. The van der Waals surface area contributed by atoms with Crippen molar-refractivity contribution < 1.29 is 14.6 Å². The minimum absolute atomic E-state index is 0.0476. The molecule has 3 aromatic rings. The average Bonchev–Trinajstić information content (AvgIpc) is 2.83. The highest BCUT2D eigenvalue weighted by Crippen LogP contribution is 2.32. The molecule has 0 aliphatic carbocycles. The van der Waals surface area contributed by atoms with Gasteiger partial charge in [-0.15, -0.1) is 0 Å². The Hall–Kier alpha value is -3.31. The summed E-state index contributed by atoms with van der Waals surface area (Å²) >= 11 is 0. The maximum absolute atomic E-state index is 13.6. The van der Waals surface area contributed by atoms with Crippen LogP contribution in [0.4, 0.5) is 5.69 Å². The maximum Gasteiger partial charge on any atom is 0.258 e. The minimum atomic E-state index is 0.0476. The SMILES string of the molecule is COc1cccc(CN2CCC(N(C(=O)c3cccc(C)c3)c3ccc(C)cc3)CC2)c1O. The van der Waals surface area contributed by atoms with Crippen LogP contribution in [0.2, 0.25) is 0 Å². The van der Waals surface area contributed by atoms with E-state index < -0.39 is 0 Å². The third kappa shape index (κ3) is 5.20. The van der Waals surface area contributed by atoms with Crippen LogP contribution in [0.1, 0.15) is 39.9 Å². The van der Waals surface area contributed by atoms with Crippen LogP contribution >= 0.6 is 0 Å². The predicted molar refractivity (Wildman–Crippen MR) is 132 cm³/mol. The lowest BCUT2D eigenvalue weighted by molar-refractivity contribution is 0.0958. The largest absolute Gasteiger partial charge is 0.504 e. The van der Waals surface area contributed by atoms with Crippen LogP contribution in [-0.4, -0.2) is 42.2 Å². The van der Waals surface area contributed by atoms with Gasteiger partial charge < -0.3 is 14.7 Å². The van der Waals surface area contributed by atoms with Gasteiger partial charge in [-0.05, 0) is 57.0 Å². The monoisotopic (exact) mass is 444 g/mol. The van der Waals surface area contributed by atoms with Gasteiger partial charge in [-0.25, -0.2) is 0 Å². The lowest BCUT2D eigenvalue weighted by Gasteiger charge is -2.39. The molecule has 0 atom stereocenters. The lowest BCUT2D eigenvalue weighted by atomic mass is 9.99. The summed E-state index contributed by atoms with van der Waals surface area (Å²) in [7, 11) is 1.56. The molecule has 1 saturated heterocycles. The van der Waals surface area contributed by atoms with Crippen molar-refractivity contribution in [1.29, 1.82) is 0 Å². The normalized spacial score (nSPS) is 14.8. The Morgan fingerprint density at radius 1 is 1.00 bits per heavy atom. The lowest BCUT2D eigenvalue weighted by Crippen LogP contribution is -2.47. The zero-order valence-electron chi connectivity index (χ0n) is 19.6. The number of aryl methyl sites for hydroxylation is 2. The van der Waals surface area contributed by atoms with Crippen molar-refractivity contribution in [2.75, 3.05) is 25.1 Å². The summed E-state index contributed by atoms with van der Waals surface area (Å²) in [6, 6.07) is 21.8. The summed E-state index contributed by atoms with van der Waals surface area (Å²) in [5.74, 6) is 0.751. The Labute approximate surface area is 196 Å². The number of hydrogen-bond donors (Lipinski definition) is 1. The maximum atomic E-state index is 13.6. The number of ether oxygens (including phenoxy) is 1. The van der Waals surface area contributed by atoms with Crippen molar-refractivity contribution in [2.45, 2.75) is 39.3 Å². The van der Waals surface area contributed by atoms with E-state index in [2.05, 4.69) is 24.0 Å². The standard InChI is InChI=1S/C28H32N2O3/c1-20-10-12-24(13-11-20)30(28(32)22-7-4-6-21(2)18-22)25-14-16-29(17-15-25)19-23-8-5-9-26(33-3)27(23)31/h4-13,18,25,31H,14-17,19H2,1-3H3. The van der Waals surface area contributed by atoms with Crippen LogP contribution in [0.15, 0.2) is 66.7 Å². The molecule has 0 aromatic heterocycles. The first-order valence-electron chi connectivity index (χ1n) is 11.5. The number of para-hydroxylation sites is 1. The second kappa shape index (κ2) is 10.1. The summed E-state index contributed by atoms with van der Waals surface area (Å²) in [5, 5.41) is 10.4. The first kappa shape index (κ1) is 22.9. The zero-order chi connectivity index (χ0) is 23.4. The van der Waals surface area contributed by atoms with E-state index in [1.807, 2.05) is 60.4 Å². The summed E-state index contributed by atoms with van der Waals surface area (Å²) in [4.78, 5) is 17.9. The Morgan fingerprint density at radius 2 is 1.70 bits per heavy atom. The van der Waals surface area contributed by atoms with E-state index in [1.165, 1.54) is 5.56 Å². The predicted octanol–water partition coefficient (Wildman–Crippen LogP) is 5.33. The van der Waals surface area contributed by atoms with Crippen LogP contribution in [0.25, 0.3) is 0 Å². The summed E-state index contributed by atoms with van der Waals surface area (Å²) < 4.78 is 5.24. The summed E-state index contributed by atoms with van der Waals surface area (Å²) in [6.07, 6.45) is 1.74. The number of amides is 1. The number of anilines is 1. The molecule has 1 N–H and O–H groups in total. The minimum Gasteiger partial charge on any atom is -0.504 e. The van der Waals surface area contributed by atoms with Gasteiger partial charge in [0.1, 0.15) is 0 Å². The number of rotatable bonds is 6. The van der Waals surface area contributed by atoms with Gasteiger partial charge in [-0.3, -0.25) is 9.69 Å². The highest BCUT2D eigenvalue weighted by Gasteiger charge is 2.30. The highest BCUT2D eigenvalue weighted by atomic mass is 16.5. The smallest absolute Gasteiger partial charge is 0.258 e. The van der Waals surface area contributed by atoms with E-state index in [1.54, 1.807) is 13.2 Å². The number of phenols is 1. The fourth-order valence-corrected chi connectivity index (χ4v) is 4.55. The Bertz CT molecular complexity index is 1100. The van der Waals surface area contributed by atoms with Crippen molar-refractivity contribution in [1.82, 2.24) is 4.90 Å². The second-order valence-electron chi connectivity index (χ2n) is 8.86. The number of methoxy groups -OCH3 is 1. The van der Waals surface area contributed by atoms with Gasteiger partial charge in [-0.2, -0.15) is 0 Å². The molecule has 1 aliphatic heterocycles. The van der Waals surface area contributed by atoms with Crippen molar-refractivity contribution >= 4 is 11.6 Å². The molecule has 4 rings (SSSR count). The van der Waals surface area contributed by atoms with Crippen LogP contribution in [0, 0.1) is 13.8 Å². The van der Waals surface area contributed by atoms with E-state index >= 15 is 0 Å². The fourth-order valence-electron chi connectivity index (χ4n) is 4.55. The number of likely N-dealkylation sites (tertiary alicyclic amines) is 1. The topological polar surface area (TPSA) is 53.0 Å². The molecule has 0 bridgehead atoms. The average molecular weight is 445 g/mol. The molecular weight excluding hydrogens is 412 g/mol. The number of nitrogens with zero attached hydrogens (tertiary/aromatic N) is 2. The van der Waals surface area contributed by atoms with Crippen molar-refractivity contribution in [3.63, 3.8) is 0 Å². The first-order chi connectivity index (χ1) is 16.0. The van der Waals surface area contributed by atoms with Gasteiger partial charge in [0.2, 0.25) is 0 Å². The van der Waals surface area contributed by atoms with E-state index in [0.717, 1.165) is 48.3 Å². The molecule has 1 amide bonds. The fraction of sp³-hybridized carbons (Fsp3) is 0.321. The molecule has 172 valence electrons. The number of hydrogen-bond acceptors (Lipinski definition) is 4. The summed E-state index contributed by atoms with van der Waals surface area (Å²) in [6.45, 7) is 6.43. The number of aromatic hydroxyl groups is 1. The third-order valence-electron chi connectivity index (χ3n) is 6.41. The molecular formula is C28H32N2O3. The van der Waals surface area contributed by atoms with Gasteiger partial charge >= 0.3 is 0 Å². The molecule has 0 unspecified atom stereocenters. The Balaban J connectivity index is 1.52. The Kier molecular flexibility index (Phi) is 6.99. The molecule has 0 radical (unpaired) electrons. The van der Waals surface area contributed by atoms with Gasteiger partial charge in [0, 0.05) is 42.5 Å². The van der Waals surface area contributed by atoms with Crippen molar-refractivity contribution in [3.8, 4) is 11.5 Å². The molecule has 1 fully saturated rings. The second-order valence-corrected chi connectivity index (χ2v) is 8.86. The molecule has 33 heavy (non-hydrogen) atoms. The van der Waals surface area contributed by atoms with E-state index in [0.29, 0.717) is 12.3 Å². The third-order valence-corrected chi connectivity index (χ3v) is 6.41. The van der Waals surface area contributed by atoms with Crippen LogP contribution < -0.4 is 9.64 Å². The van der Waals surface area contributed by atoms with Gasteiger partial charge in [-0.1, -0.05) is 47.5 Å². The Morgan fingerprint density at radius 3 is 2.36 bits per heavy atom. The highest BCUT2D eigenvalue weighted by molar-refractivity contribution is 6.06. The van der Waals surface area contributed by atoms with Crippen LogP contribution in [0.3, 0.4) is 0 Å². The van der Waals surface area contributed by atoms with Crippen LogP contribution in [-0.2, 0) is 6.54 Å². The van der Waals surface area contributed by atoms with Gasteiger partial charge in [0.15, 0.2) is 11.5 Å². The number of piperidine rings is 1. The number of carbonyl (C=O) groups excluding carboxylic acids is 1. The molecule has 3 aromatic carbocycles. The first-order valence-corrected chi connectivity index (χ1v) is 11.5. The van der Waals surface area contributed by atoms with Gasteiger partial charge in [0.25, 0.3) is 5.91 Å². The summed E-state index contributed by atoms with van der Waals surface area (Å²) in [5.41, 5.74) is 4.78. The van der Waals surface area contributed by atoms with Crippen molar-refractivity contribution in [2.24, 2.45) is 0 Å². The molecule has 1 heterocycles. The quantitative estimate of drug-likeness (QED) is 0.558. The molecule has 1 aliphatic rings. The number of benzene rings is 3.